The predicted molar refractivity (Wildman–Crippen MR) is 83.3 cm³/mol. The number of nitrogens with one attached hydrogen (secondary N) is 4. The summed E-state index contributed by atoms with van der Waals surface area (Å²) in [6, 6.07) is 5.90. The summed E-state index contributed by atoms with van der Waals surface area (Å²) in [5.41, 5.74) is 4.29. The summed E-state index contributed by atoms with van der Waals surface area (Å²) in [4.78, 5) is 45.9. The van der Waals surface area contributed by atoms with Crippen molar-refractivity contribution in [1.29, 1.82) is 0 Å². The highest BCUT2D eigenvalue weighted by Crippen LogP contribution is 2.09. The zero-order valence-corrected chi connectivity index (χ0v) is 13.4. The van der Waals surface area contributed by atoms with Gasteiger partial charge < -0.3 is 10.6 Å². The SMILES string of the molecule is CC(C)NC(=O)C(=O)NNC(=O)CNC(=O)c1ccc(Cl)cc1. The van der Waals surface area contributed by atoms with Crippen molar-refractivity contribution >= 4 is 35.2 Å². The minimum absolute atomic E-state index is 0.206. The normalized spacial score (nSPS) is 9.91. The summed E-state index contributed by atoms with van der Waals surface area (Å²) in [5, 5.41) is 5.20. The maximum Gasteiger partial charge on any atom is 0.327 e. The smallest absolute Gasteiger partial charge is 0.327 e. The van der Waals surface area contributed by atoms with Gasteiger partial charge in [-0.2, -0.15) is 0 Å². The van der Waals surface area contributed by atoms with Crippen LogP contribution < -0.4 is 21.5 Å². The minimum Gasteiger partial charge on any atom is -0.346 e. The maximum atomic E-state index is 11.7. The second-order valence-corrected chi connectivity index (χ2v) is 5.26. The van der Waals surface area contributed by atoms with E-state index in [2.05, 4.69) is 10.6 Å². The molecule has 0 heterocycles. The topological polar surface area (TPSA) is 116 Å². The Labute approximate surface area is 137 Å². The summed E-state index contributed by atoms with van der Waals surface area (Å²) in [5.74, 6) is -3.03. The van der Waals surface area contributed by atoms with Crippen LogP contribution >= 0.6 is 11.6 Å². The Bertz CT molecular complexity index is 601. The van der Waals surface area contributed by atoms with Gasteiger partial charge in [0.05, 0.1) is 6.54 Å². The van der Waals surface area contributed by atoms with Crippen LogP contribution in [0.2, 0.25) is 5.02 Å². The number of carbonyl (C=O) groups is 4. The van der Waals surface area contributed by atoms with E-state index in [0.717, 1.165) is 0 Å². The van der Waals surface area contributed by atoms with Gasteiger partial charge in [-0.15, -0.1) is 0 Å². The van der Waals surface area contributed by atoms with Gasteiger partial charge in [0.1, 0.15) is 0 Å². The first-order valence-electron chi connectivity index (χ1n) is 6.73. The molecule has 0 radical (unpaired) electrons. The molecule has 1 aromatic carbocycles. The highest BCUT2D eigenvalue weighted by atomic mass is 35.5. The third-order valence-electron chi connectivity index (χ3n) is 2.46. The monoisotopic (exact) mass is 340 g/mol. The van der Waals surface area contributed by atoms with Crippen LogP contribution in [0.5, 0.6) is 0 Å². The fourth-order valence-electron chi connectivity index (χ4n) is 1.42. The summed E-state index contributed by atoms with van der Waals surface area (Å²) in [7, 11) is 0. The molecule has 0 aromatic heterocycles. The molecule has 23 heavy (non-hydrogen) atoms. The molecule has 1 aromatic rings. The van der Waals surface area contributed by atoms with Crippen molar-refractivity contribution in [3.8, 4) is 0 Å². The van der Waals surface area contributed by atoms with Gasteiger partial charge in [0, 0.05) is 16.6 Å². The van der Waals surface area contributed by atoms with Gasteiger partial charge in [0.15, 0.2) is 0 Å². The molecule has 124 valence electrons. The molecule has 8 nitrogen and oxygen atoms in total. The van der Waals surface area contributed by atoms with E-state index in [1.807, 2.05) is 10.9 Å². The van der Waals surface area contributed by atoms with Gasteiger partial charge in [-0.3, -0.25) is 30.0 Å². The highest BCUT2D eigenvalue weighted by molar-refractivity contribution is 6.35. The fraction of sp³-hybridized carbons (Fsp3) is 0.286. The van der Waals surface area contributed by atoms with Crippen LogP contribution in [0, 0.1) is 0 Å². The lowest BCUT2D eigenvalue weighted by Gasteiger charge is -2.10. The van der Waals surface area contributed by atoms with Crippen LogP contribution in [-0.4, -0.2) is 36.2 Å². The lowest BCUT2D eigenvalue weighted by Crippen LogP contribution is -2.51. The van der Waals surface area contributed by atoms with Crippen LogP contribution in [0.1, 0.15) is 24.2 Å². The van der Waals surface area contributed by atoms with Crippen LogP contribution in [0.15, 0.2) is 24.3 Å². The number of halogens is 1. The van der Waals surface area contributed by atoms with Crippen LogP contribution in [0.4, 0.5) is 0 Å². The standard InChI is InChI=1S/C14H17ClN4O4/c1-8(2)17-13(22)14(23)19-18-11(20)7-16-12(21)9-3-5-10(15)6-4-9/h3-6,8H,7H2,1-2H3,(H,16,21)(H,17,22)(H,18,20)(H,19,23). The van der Waals surface area contributed by atoms with Crippen molar-refractivity contribution < 1.29 is 19.2 Å². The minimum atomic E-state index is -1.00. The first-order chi connectivity index (χ1) is 10.8. The summed E-state index contributed by atoms with van der Waals surface area (Å²) < 4.78 is 0. The zero-order valence-electron chi connectivity index (χ0n) is 12.6. The van der Waals surface area contributed by atoms with E-state index >= 15 is 0 Å². The average molecular weight is 341 g/mol. The van der Waals surface area contributed by atoms with E-state index in [-0.39, 0.29) is 12.6 Å². The molecule has 0 fully saturated rings. The van der Waals surface area contributed by atoms with Crippen molar-refractivity contribution in [2.75, 3.05) is 6.54 Å². The molecule has 4 N–H and O–H groups in total. The maximum absolute atomic E-state index is 11.7. The predicted octanol–water partition coefficient (Wildman–Crippen LogP) is -0.258. The summed E-state index contributed by atoms with van der Waals surface area (Å²) in [6.45, 7) is 3.01. The van der Waals surface area contributed by atoms with Crippen molar-refractivity contribution in [1.82, 2.24) is 21.5 Å². The second-order valence-electron chi connectivity index (χ2n) is 4.82. The molecule has 0 atom stereocenters. The quantitative estimate of drug-likeness (QED) is 0.446. The van der Waals surface area contributed by atoms with E-state index in [1.54, 1.807) is 26.0 Å². The molecule has 0 saturated heterocycles. The van der Waals surface area contributed by atoms with Crippen LogP contribution in [-0.2, 0) is 14.4 Å². The number of rotatable bonds is 4. The van der Waals surface area contributed by atoms with Crippen molar-refractivity contribution in [2.24, 2.45) is 0 Å². The molecular formula is C14H17ClN4O4. The van der Waals surface area contributed by atoms with Gasteiger partial charge in [0.2, 0.25) is 0 Å². The Morgan fingerprint density at radius 3 is 2.17 bits per heavy atom. The average Bonchev–Trinajstić information content (AvgIpc) is 2.50. The lowest BCUT2D eigenvalue weighted by atomic mass is 10.2. The Hall–Kier alpha value is -2.61. The molecule has 4 amide bonds. The van der Waals surface area contributed by atoms with Gasteiger partial charge in [-0.05, 0) is 38.1 Å². The molecule has 0 saturated carbocycles. The molecule has 0 aliphatic heterocycles. The first kappa shape index (κ1) is 18.4. The molecule has 9 heteroatoms. The highest BCUT2D eigenvalue weighted by Gasteiger charge is 2.15. The second kappa shape index (κ2) is 8.74. The van der Waals surface area contributed by atoms with Crippen LogP contribution in [0.3, 0.4) is 0 Å². The Balaban J connectivity index is 2.34. The Kier molecular flexibility index (Phi) is 7.01. The third kappa shape index (κ3) is 6.79. The number of hydrazine groups is 1. The van der Waals surface area contributed by atoms with Gasteiger partial charge in [0.25, 0.3) is 11.8 Å². The van der Waals surface area contributed by atoms with Gasteiger partial charge in [-0.1, -0.05) is 11.6 Å². The summed E-state index contributed by atoms with van der Waals surface area (Å²) >= 11 is 5.70. The van der Waals surface area contributed by atoms with E-state index in [9.17, 15) is 19.2 Å². The van der Waals surface area contributed by atoms with Crippen molar-refractivity contribution in [3.63, 3.8) is 0 Å². The number of carbonyl (C=O) groups excluding carboxylic acids is 4. The zero-order chi connectivity index (χ0) is 17.4. The first-order valence-corrected chi connectivity index (χ1v) is 7.11. The molecule has 0 bridgehead atoms. The number of amides is 4. The third-order valence-corrected chi connectivity index (χ3v) is 2.71. The Morgan fingerprint density at radius 1 is 1.00 bits per heavy atom. The summed E-state index contributed by atoms with van der Waals surface area (Å²) in [6.07, 6.45) is 0. The van der Waals surface area contributed by atoms with Crippen molar-refractivity contribution in [3.05, 3.63) is 34.9 Å². The number of benzene rings is 1. The molecule has 0 spiro atoms. The Morgan fingerprint density at radius 2 is 1.61 bits per heavy atom. The number of hydrogen-bond donors (Lipinski definition) is 4. The van der Waals surface area contributed by atoms with E-state index in [4.69, 9.17) is 11.6 Å². The van der Waals surface area contributed by atoms with E-state index in [1.165, 1.54) is 12.1 Å². The molecule has 1 rings (SSSR count). The van der Waals surface area contributed by atoms with Crippen LogP contribution in [0.25, 0.3) is 0 Å². The van der Waals surface area contributed by atoms with Gasteiger partial charge >= 0.3 is 11.8 Å². The number of hydrogen-bond acceptors (Lipinski definition) is 4. The largest absolute Gasteiger partial charge is 0.346 e. The lowest BCUT2D eigenvalue weighted by molar-refractivity contribution is -0.141. The molecule has 0 unspecified atom stereocenters. The molecular weight excluding hydrogens is 324 g/mol. The fourth-order valence-corrected chi connectivity index (χ4v) is 1.55. The van der Waals surface area contributed by atoms with Gasteiger partial charge in [-0.25, -0.2) is 0 Å². The van der Waals surface area contributed by atoms with E-state index in [0.29, 0.717) is 10.6 Å². The van der Waals surface area contributed by atoms with E-state index < -0.39 is 23.6 Å². The molecule has 0 aliphatic carbocycles. The molecule has 0 aliphatic rings. The van der Waals surface area contributed by atoms with Crippen molar-refractivity contribution in [2.45, 2.75) is 19.9 Å².